The first-order valence-electron chi connectivity index (χ1n) is 31.6. The van der Waals surface area contributed by atoms with Gasteiger partial charge in [-0.3, -0.25) is 13.8 Å². The van der Waals surface area contributed by atoms with E-state index in [2.05, 4.69) is 104 Å². The number of allylic oxidation sites excluding steroid dienone is 15. The van der Waals surface area contributed by atoms with Crippen LogP contribution in [0.3, 0.4) is 0 Å². The lowest BCUT2D eigenvalue weighted by Gasteiger charge is -2.25. The molecule has 3 atom stereocenters. The molecule has 0 spiro atoms. The lowest BCUT2D eigenvalue weighted by molar-refractivity contribution is -0.870. The molecule has 0 aromatic heterocycles. The van der Waals surface area contributed by atoms with Crippen LogP contribution in [0.15, 0.2) is 97.2 Å². The fourth-order valence-electron chi connectivity index (χ4n) is 8.87. The molecule has 0 aliphatic carbocycles. The smallest absolute Gasteiger partial charge is 0.387 e. The van der Waals surface area contributed by atoms with Crippen molar-refractivity contribution < 1.29 is 32.9 Å². The predicted molar refractivity (Wildman–Crippen MR) is 332 cm³/mol. The fourth-order valence-corrected chi connectivity index (χ4v) is 9.60. The average molecular weight is 1080 g/mol. The Bertz CT molecular complexity index is 1560. The second-order valence-corrected chi connectivity index (χ2v) is 23.8. The van der Waals surface area contributed by atoms with Gasteiger partial charge in [0.15, 0.2) is 0 Å². The zero-order chi connectivity index (χ0) is 55.6. The third-order valence-electron chi connectivity index (χ3n) is 13.8. The molecular formula is C67H122N2O6P+. The van der Waals surface area contributed by atoms with Gasteiger partial charge in [-0.2, -0.15) is 0 Å². The maximum absolute atomic E-state index is 13.0. The van der Waals surface area contributed by atoms with Crippen LogP contribution < -0.4 is 5.32 Å². The van der Waals surface area contributed by atoms with Gasteiger partial charge in [-0.15, -0.1) is 0 Å². The van der Waals surface area contributed by atoms with E-state index in [0.29, 0.717) is 17.4 Å². The van der Waals surface area contributed by atoms with E-state index in [1.165, 1.54) is 167 Å². The predicted octanol–water partition coefficient (Wildman–Crippen LogP) is 19.8. The Morgan fingerprint density at radius 2 is 0.803 bits per heavy atom. The molecule has 0 radical (unpaired) electrons. The standard InChI is InChI=1S/C67H121N2O6P/c1-6-8-10-12-14-16-18-20-21-22-23-24-25-26-27-28-29-30-31-32-33-34-35-36-37-38-39-40-41-42-43-44-45-46-47-49-51-53-55-57-59-61-67(71)68-65(64-75-76(72,73)74-63-62-69(3,4)5)66(70)60-58-56-54-52-50-48-19-17-15-13-11-9-7-2/h8,10,14-17,20-21,23-24,26-27,50,52,58,60,65-66,70H,6-7,9,11-13,18-19,22,25,28-49,51,53-57,59,61-64H2,1-5H3,(H-,68,71,72,73)/p+1/b10-8-,16-14-,17-15+,21-20-,24-23-,27-26-,52-50+,60-58+. The zero-order valence-corrected chi connectivity index (χ0v) is 51.1. The average Bonchev–Trinajstić information content (AvgIpc) is 3.38. The third kappa shape index (κ3) is 59.1. The number of quaternary nitrogens is 1. The highest BCUT2D eigenvalue weighted by atomic mass is 31.2. The second kappa shape index (κ2) is 57.1. The highest BCUT2D eigenvalue weighted by Gasteiger charge is 2.27. The molecule has 1 amide bonds. The fraction of sp³-hybridized carbons (Fsp3) is 0.746. The number of aliphatic hydroxyl groups is 1. The van der Waals surface area contributed by atoms with Crippen molar-refractivity contribution in [2.75, 3.05) is 40.9 Å². The maximum atomic E-state index is 13.0. The number of phosphoric acid groups is 1. The summed E-state index contributed by atoms with van der Waals surface area (Å²) in [5.74, 6) is -0.190. The van der Waals surface area contributed by atoms with Crippen LogP contribution in [0.2, 0.25) is 0 Å². The normalized spacial score (nSPS) is 14.5. The van der Waals surface area contributed by atoms with E-state index in [4.69, 9.17) is 9.05 Å². The lowest BCUT2D eigenvalue weighted by Crippen LogP contribution is -2.45. The molecular weight excluding hydrogens is 960 g/mol. The van der Waals surface area contributed by atoms with Gasteiger partial charge in [-0.1, -0.05) is 272 Å². The molecule has 0 aromatic carbocycles. The van der Waals surface area contributed by atoms with Gasteiger partial charge in [-0.25, -0.2) is 4.57 Å². The van der Waals surface area contributed by atoms with E-state index in [1.54, 1.807) is 6.08 Å². The number of carbonyl (C=O) groups is 1. The van der Waals surface area contributed by atoms with E-state index < -0.39 is 20.0 Å². The molecule has 8 nitrogen and oxygen atoms in total. The number of unbranched alkanes of at least 4 members (excludes halogenated alkanes) is 30. The van der Waals surface area contributed by atoms with Crippen LogP contribution in [-0.4, -0.2) is 73.4 Å². The third-order valence-corrected chi connectivity index (χ3v) is 14.7. The van der Waals surface area contributed by atoms with Crippen LogP contribution in [0, 0.1) is 0 Å². The van der Waals surface area contributed by atoms with Gasteiger partial charge in [0.05, 0.1) is 39.9 Å². The molecule has 9 heteroatoms. The number of likely N-dealkylation sites (N-methyl/N-ethyl adjacent to an activating group) is 1. The second-order valence-electron chi connectivity index (χ2n) is 22.4. The van der Waals surface area contributed by atoms with Gasteiger partial charge in [0, 0.05) is 6.42 Å². The zero-order valence-electron chi connectivity index (χ0n) is 50.2. The van der Waals surface area contributed by atoms with Crippen molar-refractivity contribution in [2.24, 2.45) is 0 Å². The van der Waals surface area contributed by atoms with Gasteiger partial charge in [0.25, 0.3) is 0 Å². The summed E-state index contributed by atoms with van der Waals surface area (Å²) >= 11 is 0. The first-order valence-corrected chi connectivity index (χ1v) is 33.1. The SMILES string of the molecule is CC/C=C\C/C=C\C/C=C\C/C=C\C/C=C\CCCCCCCCCCCCCCCCCCCCCCCCCCCC(=O)NC(COP(=O)(O)OCC[N+](C)(C)C)C(O)/C=C/CC/C=C/CC/C=C/CCCCC. The molecule has 0 rings (SSSR count). The van der Waals surface area contributed by atoms with Crippen LogP contribution in [0.4, 0.5) is 0 Å². The van der Waals surface area contributed by atoms with Gasteiger partial charge in [0.1, 0.15) is 13.2 Å². The maximum Gasteiger partial charge on any atom is 0.472 e. The Kier molecular flexibility index (Phi) is 55.2. The van der Waals surface area contributed by atoms with Gasteiger partial charge in [-0.05, 0) is 89.9 Å². The van der Waals surface area contributed by atoms with Crippen molar-refractivity contribution in [1.29, 1.82) is 0 Å². The molecule has 3 N–H and O–H groups in total. The molecule has 0 aromatic rings. The highest BCUT2D eigenvalue weighted by molar-refractivity contribution is 7.47. The number of phosphoric ester groups is 1. The van der Waals surface area contributed by atoms with E-state index in [-0.39, 0.29) is 19.1 Å². The molecule has 0 aliphatic heterocycles. The van der Waals surface area contributed by atoms with Crippen molar-refractivity contribution in [3.05, 3.63) is 97.2 Å². The van der Waals surface area contributed by atoms with Crippen LogP contribution >= 0.6 is 7.82 Å². The summed E-state index contributed by atoms with van der Waals surface area (Å²) < 4.78 is 23.6. The number of aliphatic hydroxyl groups excluding tert-OH is 1. The summed E-state index contributed by atoms with van der Waals surface area (Å²) in [6.07, 6.45) is 82.7. The topological polar surface area (TPSA) is 105 Å². The highest BCUT2D eigenvalue weighted by Crippen LogP contribution is 2.43. The van der Waals surface area contributed by atoms with Gasteiger partial charge < -0.3 is 19.8 Å². The van der Waals surface area contributed by atoms with Crippen molar-refractivity contribution in [1.82, 2.24) is 5.32 Å². The van der Waals surface area contributed by atoms with Crippen LogP contribution in [0.5, 0.6) is 0 Å². The Morgan fingerprint density at radius 3 is 1.21 bits per heavy atom. The molecule has 0 fully saturated rings. The monoisotopic (exact) mass is 1080 g/mol. The van der Waals surface area contributed by atoms with Crippen molar-refractivity contribution in [3.8, 4) is 0 Å². The van der Waals surface area contributed by atoms with Crippen LogP contribution in [0.1, 0.15) is 271 Å². The van der Waals surface area contributed by atoms with E-state index in [9.17, 15) is 19.4 Å². The molecule has 76 heavy (non-hydrogen) atoms. The number of hydrogen-bond donors (Lipinski definition) is 3. The first-order chi connectivity index (χ1) is 37.0. The molecule has 440 valence electrons. The first kappa shape index (κ1) is 73.4. The van der Waals surface area contributed by atoms with Gasteiger partial charge >= 0.3 is 7.82 Å². The summed E-state index contributed by atoms with van der Waals surface area (Å²) in [5, 5.41) is 13.9. The molecule has 3 unspecified atom stereocenters. The lowest BCUT2D eigenvalue weighted by atomic mass is 10.0. The Morgan fingerprint density at radius 1 is 0.461 bits per heavy atom. The molecule has 0 heterocycles. The van der Waals surface area contributed by atoms with Gasteiger partial charge in [0.2, 0.25) is 5.91 Å². The number of nitrogens with one attached hydrogen (secondary N) is 1. The summed E-state index contributed by atoms with van der Waals surface area (Å²) in [4.78, 5) is 23.3. The van der Waals surface area contributed by atoms with E-state index >= 15 is 0 Å². The number of amides is 1. The number of carbonyl (C=O) groups excluding carboxylic acids is 1. The quantitative estimate of drug-likeness (QED) is 0.0243. The number of hydrogen-bond acceptors (Lipinski definition) is 5. The van der Waals surface area contributed by atoms with Crippen molar-refractivity contribution in [3.63, 3.8) is 0 Å². The van der Waals surface area contributed by atoms with Crippen LogP contribution in [-0.2, 0) is 18.4 Å². The van der Waals surface area contributed by atoms with Crippen molar-refractivity contribution >= 4 is 13.7 Å². The summed E-state index contributed by atoms with van der Waals surface area (Å²) in [7, 11) is 1.55. The minimum absolute atomic E-state index is 0.0520. The summed E-state index contributed by atoms with van der Waals surface area (Å²) in [5.41, 5.74) is 0. The number of nitrogens with zero attached hydrogens (tertiary/aromatic N) is 1. The van der Waals surface area contributed by atoms with E-state index in [1.807, 2.05) is 27.2 Å². The van der Waals surface area contributed by atoms with Crippen molar-refractivity contribution in [2.45, 2.75) is 283 Å². The Balaban J connectivity index is 3.89. The Labute approximate surface area is 470 Å². The summed E-state index contributed by atoms with van der Waals surface area (Å²) in [6.45, 7) is 4.64. The minimum atomic E-state index is -4.36. The molecule has 0 saturated heterocycles. The Hall–Kier alpha value is -2.58. The molecule has 0 bridgehead atoms. The van der Waals surface area contributed by atoms with E-state index in [0.717, 1.165) is 83.5 Å². The summed E-state index contributed by atoms with van der Waals surface area (Å²) in [6, 6.07) is -0.871. The minimum Gasteiger partial charge on any atom is -0.387 e. The van der Waals surface area contributed by atoms with Crippen LogP contribution in [0.25, 0.3) is 0 Å². The molecule has 0 aliphatic rings. The largest absolute Gasteiger partial charge is 0.472 e. The molecule has 0 saturated carbocycles. The number of rotatable bonds is 57.